The maximum Gasteiger partial charge on any atom is 0.0765 e. The molecule has 2 atom stereocenters. The van der Waals surface area contributed by atoms with Crippen LogP contribution in [0.2, 0.25) is 0 Å². The number of hydrogen-bond donors (Lipinski definition) is 1. The van der Waals surface area contributed by atoms with Crippen LogP contribution in [0.3, 0.4) is 0 Å². The lowest BCUT2D eigenvalue weighted by atomic mass is 9.95. The Morgan fingerprint density at radius 3 is 2.39 bits per heavy atom. The van der Waals surface area contributed by atoms with Gasteiger partial charge in [0.05, 0.1) is 12.1 Å². The number of hydrogen-bond acceptors (Lipinski definition) is 2. The van der Waals surface area contributed by atoms with Gasteiger partial charge in [0.15, 0.2) is 0 Å². The van der Waals surface area contributed by atoms with Gasteiger partial charge in [-0.2, -0.15) is 0 Å². The predicted molar refractivity (Wildman–Crippen MR) is 78.0 cm³/mol. The molecule has 0 radical (unpaired) electrons. The van der Waals surface area contributed by atoms with Crippen molar-refractivity contribution >= 4 is 0 Å². The van der Waals surface area contributed by atoms with Crippen molar-refractivity contribution < 1.29 is 4.74 Å². The molecule has 0 aliphatic carbocycles. The molecule has 102 valence electrons. The van der Waals surface area contributed by atoms with Crippen molar-refractivity contribution in [3.05, 3.63) is 34.9 Å². The van der Waals surface area contributed by atoms with E-state index in [1.807, 2.05) is 7.11 Å². The Labute approximate surface area is 112 Å². The highest BCUT2D eigenvalue weighted by atomic mass is 16.5. The molecule has 2 heteroatoms. The standard InChI is InChI=1S/C16H27NO/c1-6-8-15(18-5)16(17-7-2)14-10-9-12(3)13(4)11-14/h9-11,15-17H,6-8H2,1-5H3. The van der Waals surface area contributed by atoms with E-state index in [0.29, 0.717) is 6.04 Å². The van der Waals surface area contributed by atoms with E-state index in [1.165, 1.54) is 16.7 Å². The average molecular weight is 249 g/mol. The minimum Gasteiger partial charge on any atom is -0.379 e. The molecule has 2 nitrogen and oxygen atoms in total. The molecule has 0 fully saturated rings. The summed E-state index contributed by atoms with van der Waals surface area (Å²) in [6, 6.07) is 6.99. The molecular formula is C16H27NO. The molecule has 0 spiro atoms. The zero-order valence-corrected chi connectivity index (χ0v) is 12.4. The maximum atomic E-state index is 5.67. The van der Waals surface area contributed by atoms with Crippen molar-refractivity contribution in [1.29, 1.82) is 0 Å². The van der Waals surface area contributed by atoms with Crippen molar-refractivity contribution in [2.45, 2.75) is 52.7 Å². The Morgan fingerprint density at radius 2 is 1.89 bits per heavy atom. The molecule has 18 heavy (non-hydrogen) atoms. The summed E-state index contributed by atoms with van der Waals surface area (Å²) in [4.78, 5) is 0. The van der Waals surface area contributed by atoms with E-state index in [-0.39, 0.29) is 6.10 Å². The number of nitrogens with one attached hydrogen (secondary N) is 1. The summed E-state index contributed by atoms with van der Waals surface area (Å²) in [5, 5.41) is 3.56. The number of aryl methyl sites for hydroxylation is 2. The zero-order valence-electron chi connectivity index (χ0n) is 12.4. The molecule has 0 saturated heterocycles. The molecule has 0 bridgehead atoms. The van der Waals surface area contributed by atoms with Crippen molar-refractivity contribution in [2.75, 3.05) is 13.7 Å². The molecule has 0 aromatic heterocycles. The highest BCUT2D eigenvalue weighted by Crippen LogP contribution is 2.24. The Morgan fingerprint density at radius 1 is 1.17 bits per heavy atom. The zero-order chi connectivity index (χ0) is 13.5. The van der Waals surface area contributed by atoms with E-state index in [0.717, 1.165) is 19.4 Å². The largest absolute Gasteiger partial charge is 0.379 e. The predicted octanol–water partition coefficient (Wildman–Crippen LogP) is 3.77. The second kappa shape index (κ2) is 7.55. The third kappa shape index (κ3) is 3.82. The van der Waals surface area contributed by atoms with Crippen LogP contribution in [0.25, 0.3) is 0 Å². The Kier molecular flexibility index (Phi) is 6.37. The van der Waals surface area contributed by atoms with Crippen LogP contribution >= 0.6 is 0 Å². The molecule has 0 saturated carbocycles. The first-order valence-corrected chi connectivity index (χ1v) is 6.97. The van der Waals surface area contributed by atoms with Gasteiger partial charge in [-0.15, -0.1) is 0 Å². The Bertz CT molecular complexity index is 362. The fourth-order valence-corrected chi connectivity index (χ4v) is 2.35. The van der Waals surface area contributed by atoms with Crippen LogP contribution in [0, 0.1) is 13.8 Å². The molecule has 0 aliphatic heterocycles. The van der Waals surface area contributed by atoms with E-state index >= 15 is 0 Å². The Balaban J connectivity index is 2.98. The number of likely N-dealkylation sites (N-methyl/N-ethyl adjacent to an activating group) is 1. The van der Waals surface area contributed by atoms with Crippen LogP contribution < -0.4 is 5.32 Å². The molecule has 0 aliphatic rings. The van der Waals surface area contributed by atoms with Crippen LogP contribution in [0.4, 0.5) is 0 Å². The van der Waals surface area contributed by atoms with Crippen molar-refractivity contribution in [3.8, 4) is 0 Å². The van der Waals surface area contributed by atoms with Gasteiger partial charge in [0, 0.05) is 7.11 Å². The topological polar surface area (TPSA) is 21.3 Å². The van der Waals surface area contributed by atoms with Crippen LogP contribution in [0.5, 0.6) is 0 Å². The smallest absolute Gasteiger partial charge is 0.0765 e. The molecule has 1 rings (SSSR count). The molecule has 1 aromatic rings. The van der Waals surface area contributed by atoms with Gasteiger partial charge in [0.25, 0.3) is 0 Å². The van der Waals surface area contributed by atoms with Crippen molar-refractivity contribution in [1.82, 2.24) is 5.32 Å². The molecular weight excluding hydrogens is 222 g/mol. The molecule has 0 heterocycles. The lowest BCUT2D eigenvalue weighted by Crippen LogP contribution is -2.33. The fraction of sp³-hybridized carbons (Fsp3) is 0.625. The first-order valence-electron chi connectivity index (χ1n) is 6.97. The lowest BCUT2D eigenvalue weighted by molar-refractivity contribution is 0.0611. The van der Waals surface area contributed by atoms with Gasteiger partial charge in [-0.1, -0.05) is 38.5 Å². The van der Waals surface area contributed by atoms with E-state index in [1.54, 1.807) is 0 Å². The van der Waals surface area contributed by atoms with E-state index in [9.17, 15) is 0 Å². The van der Waals surface area contributed by atoms with E-state index < -0.39 is 0 Å². The van der Waals surface area contributed by atoms with Crippen LogP contribution in [0.1, 0.15) is 49.4 Å². The minimum atomic E-state index is 0.247. The molecule has 2 unspecified atom stereocenters. The second-order valence-electron chi connectivity index (χ2n) is 4.94. The Hall–Kier alpha value is -0.860. The number of methoxy groups -OCH3 is 1. The fourth-order valence-electron chi connectivity index (χ4n) is 2.35. The summed E-state index contributed by atoms with van der Waals surface area (Å²) >= 11 is 0. The monoisotopic (exact) mass is 249 g/mol. The lowest BCUT2D eigenvalue weighted by Gasteiger charge is -2.27. The quantitative estimate of drug-likeness (QED) is 0.794. The van der Waals surface area contributed by atoms with E-state index in [2.05, 4.69) is 51.2 Å². The van der Waals surface area contributed by atoms with Crippen molar-refractivity contribution in [3.63, 3.8) is 0 Å². The number of rotatable bonds is 7. The summed E-state index contributed by atoms with van der Waals surface area (Å²) in [6.07, 6.45) is 2.48. The first-order chi connectivity index (χ1) is 8.63. The second-order valence-corrected chi connectivity index (χ2v) is 4.94. The van der Waals surface area contributed by atoms with Gasteiger partial charge in [-0.05, 0) is 43.5 Å². The van der Waals surface area contributed by atoms with Crippen LogP contribution in [0.15, 0.2) is 18.2 Å². The summed E-state index contributed by atoms with van der Waals surface area (Å²) in [7, 11) is 1.81. The number of ether oxygens (including phenoxy) is 1. The molecule has 0 amide bonds. The van der Waals surface area contributed by atoms with Crippen molar-refractivity contribution in [2.24, 2.45) is 0 Å². The van der Waals surface area contributed by atoms with Gasteiger partial charge < -0.3 is 10.1 Å². The highest BCUT2D eigenvalue weighted by molar-refractivity contribution is 5.32. The van der Waals surface area contributed by atoms with Crippen LogP contribution in [-0.4, -0.2) is 19.8 Å². The van der Waals surface area contributed by atoms with Crippen LogP contribution in [-0.2, 0) is 4.74 Å². The summed E-state index contributed by atoms with van der Waals surface area (Å²) < 4.78 is 5.67. The first kappa shape index (κ1) is 15.2. The van der Waals surface area contributed by atoms with Gasteiger partial charge >= 0.3 is 0 Å². The van der Waals surface area contributed by atoms with Gasteiger partial charge in [-0.25, -0.2) is 0 Å². The van der Waals surface area contributed by atoms with Gasteiger partial charge in [-0.3, -0.25) is 0 Å². The third-order valence-corrected chi connectivity index (χ3v) is 3.56. The SMILES string of the molecule is CCCC(OC)C(NCC)c1ccc(C)c(C)c1. The summed E-state index contributed by atoms with van der Waals surface area (Å²) in [6.45, 7) is 9.63. The number of benzene rings is 1. The van der Waals surface area contributed by atoms with Gasteiger partial charge in [0.2, 0.25) is 0 Å². The normalized spacial score (nSPS) is 14.5. The highest BCUT2D eigenvalue weighted by Gasteiger charge is 2.21. The molecule has 1 N–H and O–H groups in total. The van der Waals surface area contributed by atoms with E-state index in [4.69, 9.17) is 4.74 Å². The van der Waals surface area contributed by atoms with Gasteiger partial charge in [0.1, 0.15) is 0 Å². The summed E-state index contributed by atoms with van der Waals surface area (Å²) in [5.74, 6) is 0. The minimum absolute atomic E-state index is 0.247. The molecule has 1 aromatic carbocycles. The maximum absolute atomic E-state index is 5.67. The summed E-state index contributed by atoms with van der Waals surface area (Å²) in [5.41, 5.74) is 4.03. The average Bonchev–Trinajstić information content (AvgIpc) is 2.37. The third-order valence-electron chi connectivity index (χ3n) is 3.56.